The van der Waals surface area contributed by atoms with Crippen molar-refractivity contribution < 1.29 is 4.39 Å². The van der Waals surface area contributed by atoms with Gasteiger partial charge >= 0.3 is 0 Å². The fourth-order valence-corrected chi connectivity index (χ4v) is 3.50. The average Bonchev–Trinajstić information content (AvgIpc) is 2.43. The molecule has 0 spiro atoms. The lowest BCUT2D eigenvalue weighted by Crippen LogP contribution is -2.19. The molecule has 2 aromatic carbocycles. The van der Waals surface area contributed by atoms with Crippen LogP contribution in [-0.2, 0) is 0 Å². The van der Waals surface area contributed by atoms with Crippen LogP contribution in [-0.4, -0.2) is 6.54 Å². The average molecular weight is 303 g/mol. The van der Waals surface area contributed by atoms with Crippen LogP contribution in [0.15, 0.2) is 46.2 Å². The zero-order valence-electron chi connectivity index (χ0n) is 13.0. The van der Waals surface area contributed by atoms with Crippen LogP contribution in [0.4, 0.5) is 4.39 Å². The summed E-state index contributed by atoms with van der Waals surface area (Å²) >= 11 is 1.63. The van der Waals surface area contributed by atoms with Crippen molar-refractivity contribution in [1.82, 2.24) is 5.32 Å². The zero-order chi connectivity index (χ0) is 15.4. The van der Waals surface area contributed by atoms with Crippen LogP contribution in [0.2, 0.25) is 0 Å². The summed E-state index contributed by atoms with van der Waals surface area (Å²) in [6.07, 6.45) is 0. The number of hydrogen-bond acceptors (Lipinski definition) is 2. The lowest BCUT2D eigenvalue weighted by atomic mass is 10.1. The topological polar surface area (TPSA) is 12.0 Å². The molecule has 0 saturated carbocycles. The van der Waals surface area contributed by atoms with E-state index in [9.17, 15) is 4.39 Å². The minimum absolute atomic E-state index is 0.00486. The highest BCUT2D eigenvalue weighted by Crippen LogP contribution is 2.35. The Bertz CT molecular complexity index is 625. The number of benzene rings is 2. The fraction of sp³-hybridized carbons (Fsp3) is 0.333. The van der Waals surface area contributed by atoms with Crippen LogP contribution in [0, 0.1) is 19.7 Å². The van der Waals surface area contributed by atoms with Gasteiger partial charge in [0.05, 0.1) is 0 Å². The molecule has 1 unspecified atom stereocenters. The van der Waals surface area contributed by atoms with Crippen LogP contribution in [0.5, 0.6) is 0 Å². The van der Waals surface area contributed by atoms with E-state index in [1.807, 2.05) is 19.9 Å². The summed E-state index contributed by atoms with van der Waals surface area (Å²) in [5.41, 5.74) is 3.29. The normalized spacial score (nSPS) is 12.4. The summed E-state index contributed by atoms with van der Waals surface area (Å²) < 4.78 is 14.2. The van der Waals surface area contributed by atoms with Crippen molar-refractivity contribution in [2.75, 3.05) is 6.54 Å². The molecule has 1 atom stereocenters. The first-order valence-corrected chi connectivity index (χ1v) is 8.11. The molecule has 1 N–H and O–H groups in total. The Hall–Kier alpha value is -1.32. The van der Waals surface area contributed by atoms with Crippen molar-refractivity contribution in [3.63, 3.8) is 0 Å². The molecule has 0 radical (unpaired) electrons. The van der Waals surface area contributed by atoms with E-state index in [4.69, 9.17) is 0 Å². The van der Waals surface area contributed by atoms with E-state index in [-0.39, 0.29) is 11.9 Å². The highest BCUT2D eigenvalue weighted by Gasteiger charge is 2.15. The van der Waals surface area contributed by atoms with Gasteiger partial charge in [-0.05, 0) is 62.7 Å². The Morgan fingerprint density at radius 1 is 1.14 bits per heavy atom. The van der Waals surface area contributed by atoms with Crippen molar-refractivity contribution in [3.05, 3.63) is 58.9 Å². The highest BCUT2D eigenvalue weighted by molar-refractivity contribution is 7.99. The van der Waals surface area contributed by atoms with Gasteiger partial charge in [0, 0.05) is 21.4 Å². The molecule has 0 aliphatic heterocycles. The first-order valence-electron chi connectivity index (χ1n) is 7.29. The summed E-state index contributed by atoms with van der Waals surface area (Å²) in [5, 5.41) is 3.30. The third-order valence-electron chi connectivity index (χ3n) is 3.66. The molecule has 0 aliphatic carbocycles. The van der Waals surface area contributed by atoms with Gasteiger partial charge < -0.3 is 5.32 Å². The Labute approximate surface area is 131 Å². The Morgan fingerprint density at radius 3 is 2.57 bits per heavy atom. The Balaban J connectivity index is 2.35. The largest absolute Gasteiger partial charge is 0.310 e. The zero-order valence-corrected chi connectivity index (χ0v) is 13.9. The second kappa shape index (κ2) is 7.10. The lowest BCUT2D eigenvalue weighted by molar-refractivity contribution is 0.531. The van der Waals surface area contributed by atoms with E-state index in [0.717, 1.165) is 21.9 Å². The third-order valence-corrected chi connectivity index (χ3v) is 4.73. The van der Waals surface area contributed by atoms with Crippen molar-refractivity contribution in [1.29, 1.82) is 0 Å². The van der Waals surface area contributed by atoms with Crippen LogP contribution in [0.25, 0.3) is 0 Å². The molecule has 0 fully saturated rings. The van der Waals surface area contributed by atoms with E-state index in [0.29, 0.717) is 0 Å². The predicted molar refractivity (Wildman–Crippen MR) is 88.5 cm³/mol. The van der Waals surface area contributed by atoms with Crippen molar-refractivity contribution in [2.45, 2.75) is 43.5 Å². The molecular weight excluding hydrogens is 281 g/mol. The van der Waals surface area contributed by atoms with Crippen LogP contribution >= 0.6 is 11.8 Å². The number of rotatable bonds is 5. The van der Waals surface area contributed by atoms with Crippen molar-refractivity contribution in [2.24, 2.45) is 0 Å². The maximum absolute atomic E-state index is 14.2. The molecule has 112 valence electrons. The summed E-state index contributed by atoms with van der Waals surface area (Å²) in [5.74, 6) is -0.141. The molecule has 3 heteroatoms. The first kappa shape index (κ1) is 16.1. The molecule has 2 aromatic rings. The van der Waals surface area contributed by atoms with Gasteiger partial charge in [-0.15, -0.1) is 0 Å². The van der Waals surface area contributed by atoms with Gasteiger partial charge in [-0.25, -0.2) is 4.39 Å². The molecule has 0 aliphatic rings. The SMILES string of the molecule is CCNC(C)c1c(F)cccc1Sc1ccc(C)c(C)c1. The molecule has 0 amide bonds. The van der Waals surface area contributed by atoms with Crippen molar-refractivity contribution >= 4 is 11.8 Å². The Kier molecular flexibility index (Phi) is 5.43. The van der Waals surface area contributed by atoms with Crippen molar-refractivity contribution in [3.8, 4) is 0 Å². The predicted octanol–water partition coefficient (Wildman–Crippen LogP) is 5.26. The minimum Gasteiger partial charge on any atom is -0.310 e. The van der Waals surface area contributed by atoms with Crippen LogP contribution in [0.3, 0.4) is 0 Å². The summed E-state index contributed by atoms with van der Waals surface area (Å²) in [7, 11) is 0. The van der Waals surface area contributed by atoms with Crippen LogP contribution < -0.4 is 5.32 Å². The number of nitrogens with one attached hydrogen (secondary N) is 1. The highest BCUT2D eigenvalue weighted by atomic mass is 32.2. The lowest BCUT2D eigenvalue weighted by Gasteiger charge is -2.18. The van der Waals surface area contributed by atoms with Gasteiger partial charge in [0.25, 0.3) is 0 Å². The van der Waals surface area contributed by atoms with Gasteiger partial charge in [-0.1, -0.05) is 30.8 Å². The van der Waals surface area contributed by atoms with E-state index in [2.05, 4.69) is 37.4 Å². The molecule has 0 aromatic heterocycles. The van der Waals surface area contributed by atoms with E-state index in [1.165, 1.54) is 17.2 Å². The molecule has 2 rings (SSSR count). The van der Waals surface area contributed by atoms with Gasteiger partial charge in [-0.3, -0.25) is 0 Å². The summed E-state index contributed by atoms with van der Waals surface area (Å²) in [6, 6.07) is 11.7. The van der Waals surface area contributed by atoms with Gasteiger partial charge in [0.1, 0.15) is 5.82 Å². The molecule has 0 bridgehead atoms. The standard InChI is InChI=1S/C18H22FNS/c1-5-20-14(4)18-16(19)7-6-8-17(18)21-15-10-9-12(2)13(3)11-15/h6-11,14,20H,5H2,1-4H3. The molecule has 0 saturated heterocycles. The molecule has 0 heterocycles. The number of halogens is 1. The monoisotopic (exact) mass is 303 g/mol. The molecule has 1 nitrogen and oxygen atoms in total. The van der Waals surface area contributed by atoms with Gasteiger partial charge in [0.2, 0.25) is 0 Å². The Morgan fingerprint density at radius 2 is 1.90 bits per heavy atom. The number of hydrogen-bond donors (Lipinski definition) is 1. The smallest absolute Gasteiger partial charge is 0.129 e. The van der Waals surface area contributed by atoms with E-state index >= 15 is 0 Å². The number of aryl methyl sites for hydroxylation is 2. The summed E-state index contributed by atoms with van der Waals surface area (Å²) in [4.78, 5) is 2.13. The van der Waals surface area contributed by atoms with Crippen LogP contribution in [0.1, 0.15) is 36.6 Å². The second-order valence-corrected chi connectivity index (χ2v) is 6.39. The quantitative estimate of drug-likeness (QED) is 0.808. The third kappa shape index (κ3) is 3.86. The second-order valence-electron chi connectivity index (χ2n) is 5.28. The van der Waals surface area contributed by atoms with Gasteiger partial charge in [0.15, 0.2) is 0 Å². The van der Waals surface area contributed by atoms with Gasteiger partial charge in [-0.2, -0.15) is 0 Å². The summed E-state index contributed by atoms with van der Waals surface area (Å²) in [6.45, 7) is 9.07. The fourth-order valence-electron chi connectivity index (χ4n) is 2.34. The first-order chi connectivity index (χ1) is 10.0. The van der Waals surface area contributed by atoms with E-state index in [1.54, 1.807) is 17.8 Å². The maximum Gasteiger partial charge on any atom is 0.129 e. The molecular formula is C18H22FNS. The van der Waals surface area contributed by atoms with E-state index < -0.39 is 0 Å². The minimum atomic E-state index is -0.141. The maximum atomic E-state index is 14.2. The molecule has 21 heavy (non-hydrogen) atoms.